The maximum Gasteiger partial charge on any atom is 0.0691 e. The van der Waals surface area contributed by atoms with Crippen molar-refractivity contribution in [1.29, 1.82) is 0 Å². The molecule has 140 valence electrons. The second-order valence-corrected chi connectivity index (χ2v) is 9.02. The Morgan fingerprint density at radius 2 is 2.00 bits per heavy atom. The van der Waals surface area contributed by atoms with Crippen LogP contribution in [0.15, 0.2) is 41.9 Å². The average Bonchev–Trinajstić information content (AvgIpc) is 3.35. The molecular weight excluding hydrogens is 340 g/mol. The Bertz CT molecular complexity index is 667. The summed E-state index contributed by atoms with van der Waals surface area (Å²) in [7, 11) is 0. The minimum Gasteiger partial charge on any atom is -0.375 e. The van der Waals surface area contributed by atoms with Gasteiger partial charge in [0.2, 0.25) is 0 Å². The molecule has 1 aliphatic carbocycles. The average molecular weight is 371 g/mol. The maximum absolute atomic E-state index is 6.33. The predicted molar refractivity (Wildman–Crippen MR) is 108 cm³/mol. The molecule has 2 aliphatic rings. The fourth-order valence-electron chi connectivity index (χ4n) is 4.92. The SMILES string of the molecule is c1ccc([C@]2(CCNCCc3cccs3)CCOC3(CCCC3)C2)nc1. The molecule has 1 aliphatic heterocycles. The van der Waals surface area contributed by atoms with Crippen molar-refractivity contribution in [2.45, 2.75) is 62.4 Å². The first-order valence-electron chi connectivity index (χ1n) is 10.1. The lowest BCUT2D eigenvalue weighted by Gasteiger charge is -2.46. The molecule has 1 N–H and O–H groups in total. The molecule has 0 amide bonds. The summed E-state index contributed by atoms with van der Waals surface area (Å²) < 4.78 is 6.33. The number of nitrogens with zero attached hydrogens (tertiary/aromatic N) is 1. The number of pyridine rings is 1. The van der Waals surface area contributed by atoms with E-state index in [9.17, 15) is 0 Å². The second-order valence-electron chi connectivity index (χ2n) is 7.99. The lowest BCUT2D eigenvalue weighted by atomic mass is 9.68. The van der Waals surface area contributed by atoms with Gasteiger partial charge < -0.3 is 10.1 Å². The number of hydrogen-bond acceptors (Lipinski definition) is 4. The largest absolute Gasteiger partial charge is 0.375 e. The van der Waals surface area contributed by atoms with E-state index in [1.165, 1.54) is 36.3 Å². The van der Waals surface area contributed by atoms with Gasteiger partial charge in [-0.25, -0.2) is 0 Å². The van der Waals surface area contributed by atoms with Crippen LogP contribution >= 0.6 is 11.3 Å². The summed E-state index contributed by atoms with van der Waals surface area (Å²) in [6.07, 6.45) is 11.6. The highest BCUT2D eigenvalue weighted by Crippen LogP contribution is 2.49. The third-order valence-electron chi connectivity index (χ3n) is 6.28. The topological polar surface area (TPSA) is 34.1 Å². The fourth-order valence-corrected chi connectivity index (χ4v) is 5.62. The molecule has 0 aromatic carbocycles. The number of ether oxygens (including phenoxy) is 1. The molecule has 0 bridgehead atoms. The number of hydrogen-bond donors (Lipinski definition) is 1. The van der Waals surface area contributed by atoms with E-state index in [0.717, 1.165) is 45.4 Å². The Morgan fingerprint density at radius 1 is 1.08 bits per heavy atom. The molecule has 3 heterocycles. The Morgan fingerprint density at radius 3 is 2.77 bits per heavy atom. The molecule has 1 atom stereocenters. The highest BCUT2D eigenvalue weighted by Gasteiger charge is 2.48. The Kier molecular flexibility index (Phi) is 5.72. The summed E-state index contributed by atoms with van der Waals surface area (Å²) in [4.78, 5) is 6.25. The van der Waals surface area contributed by atoms with Gasteiger partial charge in [0.1, 0.15) is 0 Å². The minimum absolute atomic E-state index is 0.118. The molecule has 4 rings (SSSR count). The van der Waals surface area contributed by atoms with Gasteiger partial charge in [-0.05, 0) is 75.2 Å². The van der Waals surface area contributed by atoms with Gasteiger partial charge in [-0.2, -0.15) is 0 Å². The van der Waals surface area contributed by atoms with Gasteiger partial charge in [0.25, 0.3) is 0 Å². The van der Waals surface area contributed by atoms with Gasteiger partial charge in [-0.3, -0.25) is 4.98 Å². The van der Waals surface area contributed by atoms with Crippen molar-refractivity contribution in [3.8, 4) is 0 Å². The van der Waals surface area contributed by atoms with Crippen molar-refractivity contribution >= 4 is 11.3 Å². The van der Waals surface area contributed by atoms with E-state index in [0.29, 0.717) is 0 Å². The Balaban J connectivity index is 1.41. The number of aromatic nitrogens is 1. The van der Waals surface area contributed by atoms with Crippen LogP contribution in [0.3, 0.4) is 0 Å². The van der Waals surface area contributed by atoms with Crippen molar-refractivity contribution < 1.29 is 4.74 Å². The van der Waals surface area contributed by atoms with E-state index < -0.39 is 0 Å². The molecule has 3 nitrogen and oxygen atoms in total. The van der Waals surface area contributed by atoms with E-state index in [2.05, 4.69) is 35.0 Å². The van der Waals surface area contributed by atoms with Crippen LogP contribution < -0.4 is 5.32 Å². The lowest BCUT2D eigenvalue weighted by molar-refractivity contribution is -0.104. The van der Waals surface area contributed by atoms with Gasteiger partial charge >= 0.3 is 0 Å². The number of nitrogens with one attached hydrogen (secondary N) is 1. The van der Waals surface area contributed by atoms with E-state index >= 15 is 0 Å². The van der Waals surface area contributed by atoms with Crippen LogP contribution in [0.4, 0.5) is 0 Å². The zero-order valence-corrected chi connectivity index (χ0v) is 16.4. The van der Waals surface area contributed by atoms with Crippen LogP contribution in [-0.4, -0.2) is 30.3 Å². The van der Waals surface area contributed by atoms with Gasteiger partial charge in [-0.1, -0.05) is 25.0 Å². The zero-order chi connectivity index (χ0) is 17.7. The number of rotatable bonds is 7. The second kappa shape index (κ2) is 8.20. The van der Waals surface area contributed by atoms with E-state index in [-0.39, 0.29) is 11.0 Å². The Labute approximate surface area is 161 Å². The lowest BCUT2D eigenvalue weighted by Crippen LogP contribution is -2.47. The summed E-state index contributed by atoms with van der Waals surface area (Å²) >= 11 is 1.85. The van der Waals surface area contributed by atoms with Gasteiger partial charge in [0.05, 0.1) is 5.60 Å². The van der Waals surface area contributed by atoms with Crippen LogP contribution in [0.25, 0.3) is 0 Å². The molecule has 1 spiro atoms. The van der Waals surface area contributed by atoms with Crippen LogP contribution in [0, 0.1) is 0 Å². The van der Waals surface area contributed by atoms with Gasteiger partial charge in [-0.15, -0.1) is 11.3 Å². The van der Waals surface area contributed by atoms with Crippen LogP contribution in [-0.2, 0) is 16.6 Å². The first-order chi connectivity index (χ1) is 12.8. The molecule has 2 aromatic heterocycles. The molecule has 2 fully saturated rings. The smallest absolute Gasteiger partial charge is 0.0691 e. The molecule has 0 radical (unpaired) electrons. The van der Waals surface area contributed by atoms with Crippen molar-refractivity contribution in [3.63, 3.8) is 0 Å². The van der Waals surface area contributed by atoms with Crippen molar-refractivity contribution in [2.24, 2.45) is 0 Å². The van der Waals surface area contributed by atoms with Crippen molar-refractivity contribution in [3.05, 3.63) is 52.5 Å². The highest BCUT2D eigenvalue weighted by atomic mass is 32.1. The summed E-state index contributed by atoms with van der Waals surface area (Å²) in [5, 5.41) is 5.84. The van der Waals surface area contributed by atoms with Gasteiger partial charge in [0, 0.05) is 28.8 Å². The summed E-state index contributed by atoms with van der Waals surface area (Å²) in [5.74, 6) is 0. The third kappa shape index (κ3) is 4.03. The predicted octanol–water partition coefficient (Wildman–Crippen LogP) is 4.73. The zero-order valence-electron chi connectivity index (χ0n) is 15.6. The molecular formula is C22H30N2OS. The standard InChI is InChI=1S/C22H30N2OS/c1-4-13-24-20(7-1)21(11-15-23-14-8-19-6-5-17-26-19)12-16-25-22(18-21)9-2-3-10-22/h1,4-7,13,17,23H,2-3,8-12,14-16,18H2/t21-/m1/s1. The van der Waals surface area contributed by atoms with Crippen molar-refractivity contribution in [1.82, 2.24) is 10.3 Å². The quantitative estimate of drug-likeness (QED) is 0.716. The Hall–Kier alpha value is -1.23. The maximum atomic E-state index is 6.33. The third-order valence-corrected chi connectivity index (χ3v) is 7.22. The molecule has 1 saturated heterocycles. The van der Waals surface area contributed by atoms with Gasteiger partial charge in [0.15, 0.2) is 0 Å². The van der Waals surface area contributed by atoms with Crippen LogP contribution in [0.1, 0.15) is 55.5 Å². The minimum atomic E-state index is 0.118. The normalized spacial score (nSPS) is 24.9. The number of thiophene rings is 1. The van der Waals surface area contributed by atoms with Crippen LogP contribution in [0.5, 0.6) is 0 Å². The summed E-state index contributed by atoms with van der Waals surface area (Å²) in [5.41, 5.74) is 1.56. The monoisotopic (exact) mass is 370 g/mol. The molecule has 0 unspecified atom stereocenters. The van der Waals surface area contributed by atoms with E-state index in [1.54, 1.807) is 0 Å². The van der Waals surface area contributed by atoms with E-state index in [4.69, 9.17) is 9.72 Å². The molecule has 26 heavy (non-hydrogen) atoms. The summed E-state index contributed by atoms with van der Waals surface area (Å²) in [6, 6.07) is 10.8. The van der Waals surface area contributed by atoms with Crippen molar-refractivity contribution in [2.75, 3.05) is 19.7 Å². The van der Waals surface area contributed by atoms with Crippen LogP contribution in [0.2, 0.25) is 0 Å². The highest BCUT2D eigenvalue weighted by molar-refractivity contribution is 7.09. The first kappa shape index (κ1) is 18.1. The molecule has 1 saturated carbocycles. The summed E-state index contributed by atoms with van der Waals surface area (Å²) in [6.45, 7) is 2.99. The molecule has 2 aromatic rings. The molecule has 4 heteroatoms. The first-order valence-corrected chi connectivity index (χ1v) is 11.0. The fraction of sp³-hybridized carbons (Fsp3) is 0.591. The van der Waals surface area contributed by atoms with E-state index in [1.807, 2.05) is 23.6 Å².